The van der Waals surface area contributed by atoms with Gasteiger partial charge in [0.05, 0.1) is 0 Å². The predicted octanol–water partition coefficient (Wildman–Crippen LogP) is 3.44. The van der Waals surface area contributed by atoms with E-state index >= 15 is 0 Å². The number of piperidine rings is 2. The maximum Gasteiger partial charge on any atom is 0.222 e. The van der Waals surface area contributed by atoms with Crippen LogP contribution in [0.15, 0.2) is 0 Å². The normalized spacial score (nSPS) is 22.0. The van der Waals surface area contributed by atoms with Crippen LogP contribution in [0.1, 0.15) is 65.2 Å². The molecule has 0 aromatic rings. The molecule has 0 aliphatic carbocycles. The van der Waals surface area contributed by atoms with Gasteiger partial charge >= 0.3 is 0 Å². The van der Waals surface area contributed by atoms with Crippen LogP contribution in [0.25, 0.3) is 0 Å². The standard InChI is InChI=1S/C18H34N2O/c1-15(2)3-4-17-9-13-20(14-10-17)18(21)6-5-16-7-11-19-12-8-16/h15-17,19H,3-14H2,1-2H3. The molecule has 0 saturated carbocycles. The third-order valence-corrected chi connectivity index (χ3v) is 5.34. The van der Waals surface area contributed by atoms with Gasteiger partial charge in [0.25, 0.3) is 0 Å². The van der Waals surface area contributed by atoms with Crippen molar-refractivity contribution in [2.45, 2.75) is 65.2 Å². The van der Waals surface area contributed by atoms with Gasteiger partial charge in [-0.05, 0) is 62.9 Å². The maximum atomic E-state index is 12.3. The molecule has 2 fully saturated rings. The van der Waals surface area contributed by atoms with E-state index in [0.29, 0.717) is 5.91 Å². The van der Waals surface area contributed by atoms with Gasteiger partial charge in [-0.3, -0.25) is 4.79 Å². The molecule has 0 aromatic carbocycles. The van der Waals surface area contributed by atoms with Crippen molar-refractivity contribution >= 4 is 5.91 Å². The van der Waals surface area contributed by atoms with Crippen LogP contribution in [0.4, 0.5) is 0 Å². The van der Waals surface area contributed by atoms with Crippen LogP contribution in [0, 0.1) is 17.8 Å². The molecule has 2 aliphatic heterocycles. The average Bonchev–Trinajstić information content (AvgIpc) is 2.52. The van der Waals surface area contributed by atoms with Crippen molar-refractivity contribution in [1.82, 2.24) is 10.2 Å². The lowest BCUT2D eigenvalue weighted by Crippen LogP contribution is -2.38. The van der Waals surface area contributed by atoms with Crippen molar-refractivity contribution in [3.8, 4) is 0 Å². The summed E-state index contributed by atoms with van der Waals surface area (Å²) in [5, 5.41) is 3.40. The second-order valence-electron chi connectivity index (χ2n) is 7.53. The Balaban J connectivity index is 1.61. The molecule has 0 atom stereocenters. The van der Waals surface area contributed by atoms with Gasteiger partial charge in [-0.25, -0.2) is 0 Å². The van der Waals surface area contributed by atoms with Crippen LogP contribution < -0.4 is 5.32 Å². The monoisotopic (exact) mass is 294 g/mol. The number of rotatable bonds is 6. The van der Waals surface area contributed by atoms with Crippen LogP contribution >= 0.6 is 0 Å². The fourth-order valence-electron chi connectivity index (χ4n) is 3.70. The number of nitrogens with zero attached hydrogens (tertiary/aromatic N) is 1. The number of carbonyl (C=O) groups excluding carboxylic acids is 1. The first-order valence-corrected chi connectivity index (χ1v) is 9.13. The Morgan fingerprint density at radius 2 is 1.67 bits per heavy atom. The number of likely N-dealkylation sites (tertiary alicyclic amines) is 1. The van der Waals surface area contributed by atoms with Gasteiger partial charge in [0.1, 0.15) is 0 Å². The molecule has 0 spiro atoms. The smallest absolute Gasteiger partial charge is 0.222 e. The summed E-state index contributed by atoms with van der Waals surface area (Å²) in [5.41, 5.74) is 0. The lowest BCUT2D eigenvalue weighted by molar-refractivity contribution is -0.133. The topological polar surface area (TPSA) is 32.3 Å². The summed E-state index contributed by atoms with van der Waals surface area (Å²) in [6, 6.07) is 0. The van der Waals surface area contributed by atoms with Gasteiger partial charge in [-0.1, -0.05) is 26.7 Å². The number of hydrogen-bond donors (Lipinski definition) is 1. The first-order chi connectivity index (χ1) is 10.1. The largest absolute Gasteiger partial charge is 0.343 e. The highest BCUT2D eigenvalue weighted by atomic mass is 16.2. The van der Waals surface area contributed by atoms with Gasteiger partial charge in [-0.2, -0.15) is 0 Å². The summed E-state index contributed by atoms with van der Waals surface area (Å²) in [7, 11) is 0. The molecule has 2 heterocycles. The van der Waals surface area contributed by atoms with Crippen LogP contribution in [0.2, 0.25) is 0 Å². The molecular weight excluding hydrogens is 260 g/mol. The molecule has 0 aromatic heterocycles. The van der Waals surface area contributed by atoms with E-state index in [1.165, 1.54) is 38.5 Å². The van der Waals surface area contributed by atoms with Gasteiger partial charge in [0.2, 0.25) is 5.91 Å². The van der Waals surface area contributed by atoms with E-state index < -0.39 is 0 Å². The zero-order valence-corrected chi connectivity index (χ0v) is 14.1. The number of amides is 1. The van der Waals surface area contributed by atoms with Crippen LogP contribution in [0.5, 0.6) is 0 Å². The highest BCUT2D eigenvalue weighted by Gasteiger charge is 2.23. The minimum absolute atomic E-state index is 0.413. The molecule has 1 amide bonds. The third kappa shape index (κ3) is 5.98. The molecule has 3 heteroatoms. The molecule has 122 valence electrons. The maximum absolute atomic E-state index is 12.3. The minimum Gasteiger partial charge on any atom is -0.343 e. The van der Waals surface area contributed by atoms with E-state index in [4.69, 9.17) is 0 Å². The molecule has 0 unspecified atom stereocenters. The van der Waals surface area contributed by atoms with Crippen molar-refractivity contribution in [2.75, 3.05) is 26.2 Å². The van der Waals surface area contributed by atoms with Crippen molar-refractivity contribution in [1.29, 1.82) is 0 Å². The summed E-state index contributed by atoms with van der Waals surface area (Å²) in [5.74, 6) is 2.87. The van der Waals surface area contributed by atoms with Crippen molar-refractivity contribution in [3.05, 3.63) is 0 Å². The fourth-order valence-corrected chi connectivity index (χ4v) is 3.70. The number of hydrogen-bond acceptors (Lipinski definition) is 2. The van der Waals surface area contributed by atoms with Crippen molar-refractivity contribution in [3.63, 3.8) is 0 Å². The molecule has 1 N–H and O–H groups in total. The Morgan fingerprint density at radius 3 is 2.29 bits per heavy atom. The third-order valence-electron chi connectivity index (χ3n) is 5.34. The Morgan fingerprint density at radius 1 is 1.05 bits per heavy atom. The zero-order valence-electron chi connectivity index (χ0n) is 14.1. The Hall–Kier alpha value is -0.570. The molecule has 2 aliphatic rings. The Bertz CT molecular complexity index is 302. The molecule has 0 bridgehead atoms. The highest BCUT2D eigenvalue weighted by molar-refractivity contribution is 5.76. The van der Waals surface area contributed by atoms with Gasteiger partial charge in [0, 0.05) is 19.5 Å². The molecule has 3 nitrogen and oxygen atoms in total. The molecule has 21 heavy (non-hydrogen) atoms. The summed E-state index contributed by atoms with van der Waals surface area (Å²) in [6.07, 6.45) is 9.55. The van der Waals surface area contributed by atoms with E-state index in [9.17, 15) is 4.79 Å². The van der Waals surface area contributed by atoms with Gasteiger partial charge in [-0.15, -0.1) is 0 Å². The predicted molar refractivity (Wildman–Crippen MR) is 88.2 cm³/mol. The number of nitrogens with one attached hydrogen (secondary N) is 1. The lowest BCUT2D eigenvalue weighted by Gasteiger charge is -2.33. The zero-order chi connectivity index (χ0) is 15.1. The van der Waals surface area contributed by atoms with Crippen LogP contribution in [-0.4, -0.2) is 37.0 Å². The quantitative estimate of drug-likeness (QED) is 0.814. The second kappa shape index (κ2) is 8.77. The van der Waals surface area contributed by atoms with Crippen LogP contribution in [-0.2, 0) is 4.79 Å². The fraction of sp³-hybridized carbons (Fsp3) is 0.944. The minimum atomic E-state index is 0.413. The molecule has 2 rings (SSSR count). The lowest BCUT2D eigenvalue weighted by atomic mass is 9.89. The summed E-state index contributed by atoms with van der Waals surface area (Å²) in [4.78, 5) is 14.5. The van der Waals surface area contributed by atoms with Crippen molar-refractivity contribution < 1.29 is 4.79 Å². The SMILES string of the molecule is CC(C)CCC1CCN(C(=O)CCC2CCNCC2)CC1. The Kier molecular flexibility index (Phi) is 7.01. The summed E-state index contributed by atoms with van der Waals surface area (Å²) < 4.78 is 0. The summed E-state index contributed by atoms with van der Waals surface area (Å²) >= 11 is 0. The summed E-state index contributed by atoms with van der Waals surface area (Å²) in [6.45, 7) is 8.90. The van der Waals surface area contributed by atoms with E-state index in [2.05, 4.69) is 24.1 Å². The number of carbonyl (C=O) groups is 1. The van der Waals surface area contributed by atoms with E-state index in [1.54, 1.807) is 0 Å². The first kappa shape index (κ1) is 16.8. The van der Waals surface area contributed by atoms with Gasteiger partial charge < -0.3 is 10.2 Å². The first-order valence-electron chi connectivity index (χ1n) is 9.13. The van der Waals surface area contributed by atoms with Gasteiger partial charge in [0.15, 0.2) is 0 Å². The van der Waals surface area contributed by atoms with E-state index in [1.807, 2.05) is 0 Å². The average molecular weight is 294 g/mol. The van der Waals surface area contributed by atoms with E-state index in [0.717, 1.165) is 56.8 Å². The second-order valence-corrected chi connectivity index (χ2v) is 7.53. The Labute approximate surface area is 130 Å². The van der Waals surface area contributed by atoms with Crippen LogP contribution in [0.3, 0.4) is 0 Å². The molecule has 2 saturated heterocycles. The van der Waals surface area contributed by atoms with Crippen molar-refractivity contribution in [2.24, 2.45) is 17.8 Å². The molecular formula is C18H34N2O. The van der Waals surface area contributed by atoms with E-state index in [-0.39, 0.29) is 0 Å². The molecule has 0 radical (unpaired) electrons. The highest BCUT2D eigenvalue weighted by Crippen LogP contribution is 2.25.